The molecule has 0 amide bonds. The number of nitrogens with one attached hydrogen (secondary N) is 1. The van der Waals surface area contributed by atoms with Gasteiger partial charge in [0.25, 0.3) is 0 Å². The van der Waals surface area contributed by atoms with Crippen LogP contribution in [0.5, 0.6) is 0 Å². The number of anilines is 1. The summed E-state index contributed by atoms with van der Waals surface area (Å²) in [5, 5.41) is 5.51. The molecule has 0 saturated carbocycles. The standard InChI is InChI=1S/C16H15N3/c1-11-18-15(10-16(17-2)19-11)14-9-5-7-12-6-3-4-8-13(12)14/h3-10H,1-2H3,(H,17,18,19). The van der Waals surface area contributed by atoms with E-state index in [1.807, 2.05) is 20.0 Å². The van der Waals surface area contributed by atoms with Crippen molar-refractivity contribution in [3.8, 4) is 11.3 Å². The summed E-state index contributed by atoms with van der Waals surface area (Å²) in [6.07, 6.45) is 0. The van der Waals surface area contributed by atoms with Gasteiger partial charge >= 0.3 is 0 Å². The van der Waals surface area contributed by atoms with Crippen LogP contribution < -0.4 is 5.32 Å². The quantitative estimate of drug-likeness (QED) is 0.753. The van der Waals surface area contributed by atoms with Crippen molar-refractivity contribution in [1.82, 2.24) is 9.97 Å². The maximum atomic E-state index is 4.55. The van der Waals surface area contributed by atoms with Crippen molar-refractivity contribution < 1.29 is 0 Å². The van der Waals surface area contributed by atoms with Crippen LogP contribution >= 0.6 is 0 Å². The minimum Gasteiger partial charge on any atom is -0.373 e. The second-order valence-electron chi connectivity index (χ2n) is 4.46. The lowest BCUT2D eigenvalue weighted by Crippen LogP contribution is -1.98. The smallest absolute Gasteiger partial charge is 0.130 e. The summed E-state index contributed by atoms with van der Waals surface area (Å²) in [6.45, 7) is 1.91. The molecule has 1 aromatic heterocycles. The highest BCUT2D eigenvalue weighted by Crippen LogP contribution is 2.28. The Labute approximate surface area is 112 Å². The van der Waals surface area contributed by atoms with E-state index in [2.05, 4.69) is 57.7 Å². The van der Waals surface area contributed by atoms with E-state index in [1.54, 1.807) is 0 Å². The van der Waals surface area contributed by atoms with Gasteiger partial charge in [0.1, 0.15) is 11.6 Å². The number of aromatic nitrogens is 2. The predicted octanol–water partition coefficient (Wildman–Crippen LogP) is 3.65. The summed E-state index contributed by atoms with van der Waals surface area (Å²) in [6, 6.07) is 16.6. The monoisotopic (exact) mass is 249 g/mol. The second kappa shape index (κ2) is 4.69. The summed E-state index contributed by atoms with van der Waals surface area (Å²) in [7, 11) is 1.87. The molecule has 2 aromatic carbocycles. The first kappa shape index (κ1) is 11.7. The lowest BCUT2D eigenvalue weighted by atomic mass is 10.0. The first-order valence-electron chi connectivity index (χ1n) is 6.29. The van der Waals surface area contributed by atoms with Crippen LogP contribution in [0.1, 0.15) is 5.82 Å². The molecule has 0 fully saturated rings. The molecule has 0 spiro atoms. The van der Waals surface area contributed by atoms with Crippen molar-refractivity contribution in [3.63, 3.8) is 0 Å². The van der Waals surface area contributed by atoms with Crippen LogP contribution in [-0.4, -0.2) is 17.0 Å². The van der Waals surface area contributed by atoms with E-state index in [0.717, 1.165) is 22.9 Å². The molecule has 0 atom stereocenters. The maximum Gasteiger partial charge on any atom is 0.130 e. The lowest BCUT2D eigenvalue weighted by Gasteiger charge is -2.08. The van der Waals surface area contributed by atoms with Crippen LogP contribution in [-0.2, 0) is 0 Å². The first-order chi connectivity index (χ1) is 9.28. The number of nitrogens with zero attached hydrogens (tertiary/aromatic N) is 2. The van der Waals surface area contributed by atoms with Crippen molar-refractivity contribution in [3.05, 3.63) is 54.4 Å². The van der Waals surface area contributed by atoms with Gasteiger partial charge in [0.05, 0.1) is 5.69 Å². The lowest BCUT2D eigenvalue weighted by molar-refractivity contribution is 1.06. The molecule has 3 nitrogen and oxygen atoms in total. The van der Waals surface area contributed by atoms with Gasteiger partial charge in [-0.15, -0.1) is 0 Å². The van der Waals surface area contributed by atoms with E-state index in [4.69, 9.17) is 0 Å². The third-order valence-electron chi connectivity index (χ3n) is 3.16. The van der Waals surface area contributed by atoms with Crippen molar-refractivity contribution in [1.29, 1.82) is 0 Å². The van der Waals surface area contributed by atoms with Gasteiger partial charge in [-0.2, -0.15) is 0 Å². The molecule has 3 heteroatoms. The fraction of sp³-hybridized carbons (Fsp3) is 0.125. The molecule has 0 saturated heterocycles. The highest BCUT2D eigenvalue weighted by Gasteiger charge is 2.07. The molecule has 0 aliphatic heterocycles. The van der Waals surface area contributed by atoms with Crippen molar-refractivity contribution in [2.24, 2.45) is 0 Å². The highest BCUT2D eigenvalue weighted by atomic mass is 15.0. The molecule has 3 aromatic rings. The zero-order chi connectivity index (χ0) is 13.2. The van der Waals surface area contributed by atoms with Crippen molar-refractivity contribution in [2.45, 2.75) is 6.92 Å². The Morgan fingerprint density at radius 3 is 2.58 bits per heavy atom. The SMILES string of the molecule is CNc1cc(-c2cccc3ccccc23)nc(C)n1. The molecule has 94 valence electrons. The Morgan fingerprint density at radius 2 is 1.74 bits per heavy atom. The molecular weight excluding hydrogens is 234 g/mol. The fourth-order valence-corrected chi connectivity index (χ4v) is 2.28. The number of hydrogen-bond donors (Lipinski definition) is 1. The minimum atomic E-state index is 0.773. The molecule has 0 aliphatic carbocycles. The van der Waals surface area contributed by atoms with Gasteiger partial charge in [-0.25, -0.2) is 9.97 Å². The zero-order valence-corrected chi connectivity index (χ0v) is 11.0. The Balaban J connectivity index is 2.27. The number of hydrogen-bond acceptors (Lipinski definition) is 3. The molecule has 19 heavy (non-hydrogen) atoms. The fourth-order valence-electron chi connectivity index (χ4n) is 2.28. The van der Waals surface area contributed by atoms with E-state index in [0.29, 0.717) is 0 Å². The number of benzene rings is 2. The summed E-state index contributed by atoms with van der Waals surface area (Å²) in [4.78, 5) is 8.89. The van der Waals surface area contributed by atoms with Crippen molar-refractivity contribution >= 4 is 16.6 Å². The number of fused-ring (bicyclic) bond motifs is 1. The molecule has 0 bridgehead atoms. The highest BCUT2D eigenvalue weighted by molar-refractivity contribution is 5.96. The van der Waals surface area contributed by atoms with Gasteiger partial charge in [0.15, 0.2) is 0 Å². The van der Waals surface area contributed by atoms with Gasteiger partial charge in [0.2, 0.25) is 0 Å². The third kappa shape index (κ3) is 2.15. The Morgan fingerprint density at radius 1 is 0.947 bits per heavy atom. The Bertz CT molecular complexity index is 730. The average molecular weight is 249 g/mol. The van der Waals surface area contributed by atoms with Crippen LogP contribution in [0.2, 0.25) is 0 Å². The van der Waals surface area contributed by atoms with Crippen LogP contribution in [0.25, 0.3) is 22.0 Å². The maximum absolute atomic E-state index is 4.55. The molecule has 0 unspecified atom stereocenters. The zero-order valence-electron chi connectivity index (χ0n) is 11.0. The van der Waals surface area contributed by atoms with Gasteiger partial charge in [-0.05, 0) is 17.7 Å². The van der Waals surface area contributed by atoms with Crippen LogP contribution in [0.15, 0.2) is 48.5 Å². The summed E-state index contributed by atoms with van der Waals surface area (Å²) < 4.78 is 0. The molecule has 3 rings (SSSR count). The molecule has 1 N–H and O–H groups in total. The topological polar surface area (TPSA) is 37.8 Å². The van der Waals surface area contributed by atoms with Crippen LogP contribution in [0.4, 0.5) is 5.82 Å². The normalized spacial score (nSPS) is 10.6. The summed E-state index contributed by atoms with van der Waals surface area (Å²) in [5.41, 5.74) is 2.09. The number of aryl methyl sites for hydroxylation is 1. The summed E-state index contributed by atoms with van der Waals surface area (Å²) >= 11 is 0. The van der Waals surface area contributed by atoms with Gasteiger partial charge in [-0.3, -0.25) is 0 Å². The minimum absolute atomic E-state index is 0.773. The van der Waals surface area contributed by atoms with E-state index in [-0.39, 0.29) is 0 Å². The van der Waals surface area contributed by atoms with Gasteiger partial charge < -0.3 is 5.32 Å². The molecule has 1 heterocycles. The Hall–Kier alpha value is -2.42. The largest absolute Gasteiger partial charge is 0.373 e. The van der Waals surface area contributed by atoms with Gasteiger partial charge in [-0.1, -0.05) is 42.5 Å². The second-order valence-corrected chi connectivity index (χ2v) is 4.46. The van der Waals surface area contributed by atoms with Crippen LogP contribution in [0, 0.1) is 6.92 Å². The summed E-state index contributed by atoms with van der Waals surface area (Å²) in [5.74, 6) is 1.62. The molecular formula is C16H15N3. The van der Waals surface area contributed by atoms with E-state index < -0.39 is 0 Å². The Kier molecular flexibility index (Phi) is 2.88. The number of rotatable bonds is 2. The van der Waals surface area contributed by atoms with E-state index in [1.165, 1.54) is 10.8 Å². The van der Waals surface area contributed by atoms with Crippen LogP contribution in [0.3, 0.4) is 0 Å². The molecule has 0 aliphatic rings. The third-order valence-corrected chi connectivity index (χ3v) is 3.16. The average Bonchev–Trinajstić information content (AvgIpc) is 2.46. The van der Waals surface area contributed by atoms with E-state index in [9.17, 15) is 0 Å². The first-order valence-corrected chi connectivity index (χ1v) is 6.29. The van der Waals surface area contributed by atoms with Crippen molar-refractivity contribution in [2.75, 3.05) is 12.4 Å². The predicted molar refractivity (Wildman–Crippen MR) is 79.3 cm³/mol. The molecule has 0 radical (unpaired) electrons. The van der Waals surface area contributed by atoms with E-state index >= 15 is 0 Å². The van der Waals surface area contributed by atoms with Gasteiger partial charge in [0, 0.05) is 18.7 Å².